The number of anilines is 1. The molecule has 5 heteroatoms. The van der Waals surface area contributed by atoms with Gasteiger partial charge >= 0.3 is 0 Å². The molecule has 0 aromatic carbocycles. The van der Waals surface area contributed by atoms with E-state index in [1.807, 2.05) is 0 Å². The molecule has 0 aliphatic carbocycles. The van der Waals surface area contributed by atoms with Gasteiger partial charge in [0.1, 0.15) is 17.3 Å². The van der Waals surface area contributed by atoms with E-state index in [0.29, 0.717) is 5.15 Å². The van der Waals surface area contributed by atoms with Crippen molar-refractivity contribution < 1.29 is 0 Å². The SMILES string of the molecule is CN(C)CC(C)(C)CNc1cc(Cl)ncn1. The number of hydrogen-bond donors (Lipinski definition) is 1. The monoisotopic (exact) mass is 242 g/mol. The number of rotatable bonds is 5. The van der Waals surface area contributed by atoms with Crippen molar-refractivity contribution in [2.75, 3.05) is 32.5 Å². The maximum Gasteiger partial charge on any atom is 0.134 e. The first-order chi connectivity index (χ1) is 7.39. The molecule has 0 bridgehead atoms. The van der Waals surface area contributed by atoms with Gasteiger partial charge in [0.25, 0.3) is 0 Å². The molecule has 1 heterocycles. The topological polar surface area (TPSA) is 41.0 Å². The molecule has 1 N–H and O–H groups in total. The van der Waals surface area contributed by atoms with Gasteiger partial charge in [-0.1, -0.05) is 25.4 Å². The summed E-state index contributed by atoms with van der Waals surface area (Å²) < 4.78 is 0. The zero-order valence-electron chi connectivity index (χ0n) is 10.3. The molecule has 0 saturated heterocycles. The normalized spacial score (nSPS) is 11.9. The van der Waals surface area contributed by atoms with Crippen molar-refractivity contribution in [2.24, 2.45) is 5.41 Å². The van der Waals surface area contributed by atoms with E-state index < -0.39 is 0 Å². The summed E-state index contributed by atoms with van der Waals surface area (Å²) in [4.78, 5) is 10.1. The quantitative estimate of drug-likeness (QED) is 0.804. The van der Waals surface area contributed by atoms with Crippen LogP contribution in [0.3, 0.4) is 0 Å². The fraction of sp³-hybridized carbons (Fsp3) is 0.636. The Hall–Kier alpha value is -0.870. The third-order valence-corrected chi connectivity index (χ3v) is 2.33. The molecule has 0 radical (unpaired) electrons. The van der Waals surface area contributed by atoms with Gasteiger partial charge in [-0.25, -0.2) is 9.97 Å². The Morgan fingerprint density at radius 1 is 1.38 bits per heavy atom. The summed E-state index contributed by atoms with van der Waals surface area (Å²) in [5.41, 5.74) is 0.181. The van der Waals surface area contributed by atoms with E-state index in [0.717, 1.165) is 18.9 Å². The van der Waals surface area contributed by atoms with Crippen LogP contribution in [0.5, 0.6) is 0 Å². The largest absolute Gasteiger partial charge is 0.369 e. The van der Waals surface area contributed by atoms with Gasteiger partial charge in [0.05, 0.1) is 0 Å². The lowest BCUT2D eigenvalue weighted by Gasteiger charge is -2.28. The highest BCUT2D eigenvalue weighted by Gasteiger charge is 2.18. The molecule has 0 aliphatic rings. The van der Waals surface area contributed by atoms with E-state index >= 15 is 0 Å². The second kappa shape index (κ2) is 5.46. The molecule has 4 nitrogen and oxygen atoms in total. The lowest BCUT2D eigenvalue weighted by molar-refractivity contribution is 0.254. The molecule has 0 atom stereocenters. The lowest BCUT2D eigenvalue weighted by atomic mass is 9.93. The molecular formula is C11H19ClN4. The summed E-state index contributed by atoms with van der Waals surface area (Å²) in [5, 5.41) is 3.73. The number of halogens is 1. The Balaban J connectivity index is 2.50. The van der Waals surface area contributed by atoms with E-state index in [4.69, 9.17) is 11.6 Å². The maximum absolute atomic E-state index is 5.78. The van der Waals surface area contributed by atoms with E-state index in [-0.39, 0.29) is 5.41 Å². The first-order valence-corrected chi connectivity index (χ1v) is 5.63. The van der Waals surface area contributed by atoms with Crippen LogP contribution in [0, 0.1) is 5.41 Å². The Labute approximate surface area is 102 Å². The third-order valence-electron chi connectivity index (χ3n) is 2.13. The van der Waals surface area contributed by atoms with Crippen molar-refractivity contribution in [3.05, 3.63) is 17.5 Å². The number of nitrogens with one attached hydrogen (secondary N) is 1. The van der Waals surface area contributed by atoms with Crippen molar-refractivity contribution in [2.45, 2.75) is 13.8 Å². The predicted octanol–water partition coefficient (Wildman–Crippen LogP) is 2.13. The molecule has 1 rings (SSSR count). The van der Waals surface area contributed by atoms with Gasteiger partial charge in [-0.3, -0.25) is 0 Å². The average molecular weight is 243 g/mol. The van der Waals surface area contributed by atoms with Crippen molar-refractivity contribution >= 4 is 17.4 Å². The van der Waals surface area contributed by atoms with Crippen LogP contribution in [-0.2, 0) is 0 Å². The van der Waals surface area contributed by atoms with Crippen molar-refractivity contribution in [3.8, 4) is 0 Å². The molecular weight excluding hydrogens is 224 g/mol. The highest BCUT2D eigenvalue weighted by Crippen LogP contribution is 2.17. The average Bonchev–Trinajstić information content (AvgIpc) is 2.13. The van der Waals surface area contributed by atoms with Crippen molar-refractivity contribution in [3.63, 3.8) is 0 Å². The molecule has 1 aromatic rings. The summed E-state index contributed by atoms with van der Waals surface area (Å²) in [5.74, 6) is 0.770. The summed E-state index contributed by atoms with van der Waals surface area (Å²) in [6.07, 6.45) is 1.46. The van der Waals surface area contributed by atoms with Crippen LogP contribution in [0.2, 0.25) is 5.15 Å². The van der Waals surface area contributed by atoms with Crippen LogP contribution in [0.4, 0.5) is 5.82 Å². The van der Waals surface area contributed by atoms with Crippen molar-refractivity contribution in [1.29, 1.82) is 0 Å². The minimum absolute atomic E-state index is 0.181. The second-order valence-electron chi connectivity index (χ2n) is 4.98. The second-order valence-corrected chi connectivity index (χ2v) is 5.37. The molecule has 0 amide bonds. The first kappa shape index (κ1) is 13.2. The molecule has 1 aromatic heterocycles. The zero-order valence-corrected chi connectivity index (χ0v) is 11.0. The Kier molecular flexibility index (Phi) is 4.50. The fourth-order valence-electron chi connectivity index (χ4n) is 1.67. The van der Waals surface area contributed by atoms with Crippen LogP contribution >= 0.6 is 11.6 Å². The summed E-state index contributed by atoms with van der Waals surface area (Å²) in [6.45, 7) is 6.28. The van der Waals surface area contributed by atoms with Gasteiger partial charge in [-0.15, -0.1) is 0 Å². The molecule has 0 fully saturated rings. The third kappa shape index (κ3) is 4.77. The predicted molar refractivity (Wildman–Crippen MR) is 67.9 cm³/mol. The summed E-state index contributed by atoms with van der Waals surface area (Å²) in [7, 11) is 4.15. The minimum Gasteiger partial charge on any atom is -0.369 e. The molecule has 0 aliphatic heterocycles. The van der Waals surface area contributed by atoms with Crippen molar-refractivity contribution in [1.82, 2.24) is 14.9 Å². The van der Waals surface area contributed by atoms with Crippen LogP contribution in [0.15, 0.2) is 12.4 Å². The van der Waals surface area contributed by atoms with Gasteiger partial charge in [0.2, 0.25) is 0 Å². The van der Waals surface area contributed by atoms with Gasteiger partial charge in [-0.2, -0.15) is 0 Å². The highest BCUT2D eigenvalue weighted by atomic mass is 35.5. The molecule has 0 saturated carbocycles. The molecule has 0 spiro atoms. The Morgan fingerprint density at radius 3 is 2.62 bits per heavy atom. The van der Waals surface area contributed by atoms with Gasteiger partial charge in [0, 0.05) is 19.2 Å². The summed E-state index contributed by atoms with van der Waals surface area (Å²) >= 11 is 5.78. The molecule has 0 unspecified atom stereocenters. The van der Waals surface area contributed by atoms with Crippen LogP contribution < -0.4 is 5.32 Å². The van der Waals surface area contributed by atoms with Gasteiger partial charge in [-0.05, 0) is 19.5 Å². The molecule has 16 heavy (non-hydrogen) atoms. The molecule has 90 valence electrons. The standard InChI is InChI=1S/C11H19ClN4/c1-11(2,7-16(3)4)6-13-10-5-9(12)14-8-15-10/h5,8H,6-7H2,1-4H3,(H,13,14,15). The van der Waals surface area contributed by atoms with Crippen LogP contribution in [0.25, 0.3) is 0 Å². The van der Waals surface area contributed by atoms with Crippen LogP contribution in [0.1, 0.15) is 13.8 Å². The minimum atomic E-state index is 0.181. The van der Waals surface area contributed by atoms with E-state index in [2.05, 4.69) is 48.1 Å². The maximum atomic E-state index is 5.78. The highest BCUT2D eigenvalue weighted by molar-refractivity contribution is 6.29. The fourth-order valence-corrected chi connectivity index (χ4v) is 1.82. The number of hydrogen-bond acceptors (Lipinski definition) is 4. The number of nitrogens with zero attached hydrogens (tertiary/aromatic N) is 3. The van der Waals surface area contributed by atoms with Crippen LogP contribution in [-0.4, -0.2) is 42.1 Å². The van der Waals surface area contributed by atoms with Gasteiger partial charge < -0.3 is 10.2 Å². The number of aromatic nitrogens is 2. The van der Waals surface area contributed by atoms with Gasteiger partial charge in [0.15, 0.2) is 0 Å². The van der Waals surface area contributed by atoms with E-state index in [1.165, 1.54) is 6.33 Å². The zero-order chi connectivity index (χ0) is 12.2. The summed E-state index contributed by atoms with van der Waals surface area (Å²) in [6, 6.07) is 1.73. The first-order valence-electron chi connectivity index (χ1n) is 5.25. The smallest absolute Gasteiger partial charge is 0.134 e. The lowest BCUT2D eigenvalue weighted by Crippen LogP contribution is -2.34. The Morgan fingerprint density at radius 2 is 2.06 bits per heavy atom. The van der Waals surface area contributed by atoms with E-state index in [9.17, 15) is 0 Å². The Bertz CT molecular complexity index is 339. The van der Waals surface area contributed by atoms with E-state index in [1.54, 1.807) is 6.07 Å².